The summed E-state index contributed by atoms with van der Waals surface area (Å²) in [6.07, 6.45) is 0. The summed E-state index contributed by atoms with van der Waals surface area (Å²) in [6.45, 7) is -0.612. The molecular formula is C8H9ClFNO3S. The van der Waals surface area contributed by atoms with Crippen LogP contribution in [0.5, 0.6) is 0 Å². The van der Waals surface area contributed by atoms with E-state index in [9.17, 15) is 12.8 Å². The summed E-state index contributed by atoms with van der Waals surface area (Å²) in [6, 6.07) is 2.16. The van der Waals surface area contributed by atoms with Crippen molar-refractivity contribution in [2.24, 2.45) is 0 Å². The summed E-state index contributed by atoms with van der Waals surface area (Å²) < 4.78 is 38.2. The highest BCUT2D eigenvalue weighted by Gasteiger charge is 2.20. The molecule has 0 spiro atoms. The zero-order chi connectivity index (χ0) is 11.6. The van der Waals surface area contributed by atoms with Crippen LogP contribution in [0.15, 0.2) is 17.0 Å². The third kappa shape index (κ3) is 2.46. The van der Waals surface area contributed by atoms with E-state index in [-0.39, 0.29) is 10.6 Å². The van der Waals surface area contributed by atoms with Crippen molar-refractivity contribution in [2.45, 2.75) is 11.5 Å². The molecule has 2 N–H and O–H groups in total. The molecule has 1 aromatic rings. The number of hydrogen-bond donors (Lipinski definition) is 2. The first-order chi connectivity index (χ1) is 6.92. The summed E-state index contributed by atoms with van der Waals surface area (Å²) in [5.41, 5.74) is -0.156. The number of hydrogen-bond acceptors (Lipinski definition) is 3. The zero-order valence-corrected chi connectivity index (χ0v) is 9.36. The fourth-order valence-electron chi connectivity index (χ4n) is 1.04. The lowest BCUT2D eigenvalue weighted by atomic mass is 10.2. The van der Waals surface area contributed by atoms with Gasteiger partial charge in [0, 0.05) is 10.6 Å². The third-order valence-corrected chi connectivity index (χ3v) is 3.44. The van der Waals surface area contributed by atoms with Crippen LogP contribution in [0.3, 0.4) is 0 Å². The second-order valence-electron chi connectivity index (χ2n) is 2.74. The van der Waals surface area contributed by atoms with Crippen LogP contribution in [-0.4, -0.2) is 20.6 Å². The Kier molecular flexibility index (Phi) is 3.67. The Morgan fingerprint density at radius 2 is 2.13 bits per heavy atom. The van der Waals surface area contributed by atoms with E-state index in [1.54, 1.807) is 0 Å². The molecule has 0 fully saturated rings. The molecule has 4 nitrogen and oxygen atoms in total. The topological polar surface area (TPSA) is 66.4 Å². The summed E-state index contributed by atoms with van der Waals surface area (Å²) in [5.74, 6) is -0.990. The minimum Gasteiger partial charge on any atom is -0.392 e. The Morgan fingerprint density at radius 1 is 1.53 bits per heavy atom. The molecule has 0 amide bonds. The maximum Gasteiger partial charge on any atom is 0.243 e. The molecule has 0 bridgehead atoms. The Hall–Kier alpha value is -0.690. The summed E-state index contributed by atoms with van der Waals surface area (Å²) in [4.78, 5) is -0.568. The molecule has 1 aromatic carbocycles. The second-order valence-corrected chi connectivity index (χ2v) is 5.03. The largest absolute Gasteiger partial charge is 0.392 e. The van der Waals surface area contributed by atoms with Crippen LogP contribution in [0.1, 0.15) is 5.56 Å². The van der Waals surface area contributed by atoms with Gasteiger partial charge in [-0.05, 0) is 19.2 Å². The Balaban J connectivity index is 3.49. The number of aliphatic hydroxyl groups is 1. The van der Waals surface area contributed by atoms with Crippen LogP contribution in [-0.2, 0) is 16.6 Å². The molecule has 7 heteroatoms. The molecule has 1 rings (SSSR count). The summed E-state index contributed by atoms with van der Waals surface area (Å²) in [7, 11) is -2.74. The molecule has 0 aliphatic heterocycles. The molecule has 0 aliphatic carbocycles. The highest BCUT2D eigenvalue weighted by molar-refractivity contribution is 7.89. The van der Waals surface area contributed by atoms with Crippen molar-refractivity contribution in [1.82, 2.24) is 4.72 Å². The molecule has 0 saturated carbocycles. The maximum absolute atomic E-state index is 13.5. The number of sulfonamides is 1. The molecular weight excluding hydrogens is 245 g/mol. The number of aliphatic hydroxyl groups excluding tert-OH is 1. The number of benzene rings is 1. The first-order valence-electron chi connectivity index (χ1n) is 3.94. The average Bonchev–Trinajstić information content (AvgIpc) is 2.20. The molecule has 0 aliphatic rings. The van der Waals surface area contributed by atoms with E-state index in [0.717, 1.165) is 13.1 Å². The standard InChI is InChI=1S/C8H9ClFNO3S/c1-11-15(13,14)7-3-6(9)2-5(4-12)8(7)10/h2-3,11-12H,4H2,1H3. The number of halogens is 2. The van der Waals surface area contributed by atoms with Crippen LogP contribution in [0.2, 0.25) is 5.02 Å². The lowest BCUT2D eigenvalue weighted by Crippen LogP contribution is -2.20. The first kappa shape index (κ1) is 12.4. The third-order valence-electron chi connectivity index (χ3n) is 1.81. The lowest BCUT2D eigenvalue weighted by Gasteiger charge is -2.07. The zero-order valence-electron chi connectivity index (χ0n) is 7.79. The van der Waals surface area contributed by atoms with E-state index in [4.69, 9.17) is 16.7 Å². The van der Waals surface area contributed by atoms with Gasteiger partial charge in [0.05, 0.1) is 6.61 Å². The molecule has 84 valence electrons. The van der Waals surface area contributed by atoms with Crippen LogP contribution >= 0.6 is 11.6 Å². The van der Waals surface area contributed by atoms with Crippen molar-refractivity contribution in [2.75, 3.05) is 7.05 Å². The van der Waals surface area contributed by atoms with E-state index < -0.39 is 27.3 Å². The summed E-state index contributed by atoms with van der Waals surface area (Å²) >= 11 is 5.59. The quantitative estimate of drug-likeness (QED) is 0.840. The van der Waals surface area contributed by atoms with Gasteiger partial charge in [0.25, 0.3) is 0 Å². The molecule has 0 aromatic heterocycles. The normalized spacial score (nSPS) is 11.7. The van der Waals surface area contributed by atoms with Crippen molar-refractivity contribution >= 4 is 21.6 Å². The molecule has 0 unspecified atom stereocenters. The SMILES string of the molecule is CNS(=O)(=O)c1cc(Cl)cc(CO)c1F. The summed E-state index contributed by atoms with van der Waals surface area (Å²) in [5, 5.41) is 8.84. The number of rotatable bonds is 3. The van der Waals surface area contributed by atoms with Gasteiger partial charge in [0.2, 0.25) is 10.0 Å². The Labute approximate surface area is 91.7 Å². The predicted molar refractivity (Wildman–Crippen MR) is 53.6 cm³/mol. The maximum atomic E-state index is 13.5. The monoisotopic (exact) mass is 253 g/mol. The molecule has 0 atom stereocenters. The molecule has 0 heterocycles. The van der Waals surface area contributed by atoms with Crippen LogP contribution in [0.25, 0.3) is 0 Å². The van der Waals surface area contributed by atoms with Gasteiger partial charge in [-0.3, -0.25) is 0 Å². The molecule has 15 heavy (non-hydrogen) atoms. The van der Waals surface area contributed by atoms with Gasteiger partial charge in [-0.15, -0.1) is 0 Å². The van der Waals surface area contributed by atoms with Gasteiger partial charge in [-0.1, -0.05) is 11.6 Å². The van der Waals surface area contributed by atoms with Gasteiger partial charge in [-0.25, -0.2) is 17.5 Å². The van der Waals surface area contributed by atoms with Crippen molar-refractivity contribution in [3.63, 3.8) is 0 Å². The fourth-order valence-corrected chi connectivity index (χ4v) is 2.21. The van der Waals surface area contributed by atoms with E-state index in [2.05, 4.69) is 0 Å². The van der Waals surface area contributed by atoms with Crippen LogP contribution in [0.4, 0.5) is 4.39 Å². The highest BCUT2D eigenvalue weighted by Crippen LogP contribution is 2.23. The van der Waals surface area contributed by atoms with E-state index in [1.807, 2.05) is 4.72 Å². The number of nitrogens with one attached hydrogen (secondary N) is 1. The van der Waals surface area contributed by atoms with E-state index >= 15 is 0 Å². The molecule has 0 radical (unpaired) electrons. The second kappa shape index (κ2) is 4.44. The minimum atomic E-state index is -3.90. The highest BCUT2D eigenvalue weighted by atomic mass is 35.5. The van der Waals surface area contributed by atoms with Gasteiger partial charge < -0.3 is 5.11 Å². The smallest absolute Gasteiger partial charge is 0.243 e. The molecule has 0 saturated heterocycles. The average molecular weight is 254 g/mol. The minimum absolute atomic E-state index is 0.0503. The van der Waals surface area contributed by atoms with Crippen LogP contribution < -0.4 is 4.72 Å². The van der Waals surface area contributed by atoms with Crippen molar-refractivity contribution in [1.29, 1.82) is 0 Å². The lowest BCUT2D eigenvalue weighted by molar-refractivity contribution is 0.274. The van der Waals surface area contributed by atoms with Crippen molar-refractivity contribution < 1.29 is 17.9 Å². The van der Waals surface area contributed by atoms with Crippen molar-refractivity contribution in [3.05, 3.63) is 28.5 Å². The predicted octanol–water partition coefficient (Wildman–Crippen LogP) is 0.879. The van der Waals surface area contributed by atoms with E-state index in [0.29, 0.717) is 0 Å². The van der Waals surface area contributed by atoms with Crippen LogP contribution in [0, 0.1) is 5.82 Å². The fraction of sp³-hybridized carbons (Fsp3) is 0.250. The van der Waals surface area contributed by atoms with Crippen molar-refractivity contribution in [3.8, 4) is 0 Å². The first-order valence-corrected chi connectivity index (χ1v) is 5.81. The van der Waals surface area contributed by atoms with Gasteiger partial charge in [0.15, 0.2) is 0 Å². The van der Waals surface area contributed by atoms with Gasteiger partial charge >= 0.3 is 0 Å². The van der Waals surface area contributed by atoms with Gasteiger partial charge in [-0.2, -0.15) is 0 Å². The Morgan fingerprint density at radius 3 is 2.60 bits per heavy atom. The van der Waals surface area contributed by atoms with E-state index in [1.165, 1.54) is 6.07 Å². The Bertz CT molecular complexity index is 475. The van der Waals surface area contributed by atoms with Gasteiger partial charge in [0.1, 0.15) is 10.7 Å².